The summed E-state index contributed by atoms with van der Waals surface area (Å²) in [7, 11) is -3.54. The van der Waals surface area contributed by atoms with E-state index in [2.05, 4.69) is 32.1 Å². The van der Waals surface area contributed by atoms with Crippen LogP contribution in [0.25, 0.3) is 0 Å². The molecule has 0 atom stereocenters. The van der Waals surface area contributed by atoms with Gasteiger partial charge in [-0.3, -0.25) is 4.98 Å². The van der Waals surface area contributed by atoms with Crippen molar-refractivity contribution >= 4 is 27.5 Å². The van der Waals surface area contributed by atoms with E-state index in [1.807, 2.05) is 25.1 Å². The Morgan fingerprint density at radius 1 is 1.11 bits per heavy atom. The first-order valence-corrected chi connectivity index (χ1v) is 14.3. The van der Waals surface area contributed by atoms with Gasteiger partial charge in [-0.25, -0.2) is 17.9 Å². The summed E-state index contributed by atoms with van der Waals surface area (Å²) >= 11 is 1.45. The summed E-state index contributed by atoms with van der Waals surface area (Å²) in [4.78, 5) is 20.1. The van der Waals surface area contributed by atoms with Crippen molar-refractivity contribution in [3.63, 3.8) is 0 Å². The van der Waals surface area contributed by atoms with Crippen LogP contribution < -0.4 is 10.0 Å². The number of likely N-dealkylation sites (tertiary alicyclic amines) is 1. The highest BCUT2D eigenvalue weighted by molar-refractivity contribution is 7.89. The standard InChI is InChI=1S/C26H32N4O4S2/c1-21-7-9-24(10-8-21)36(32,33)28-13-16-30-14-11-26(12-15-30,17-22-5-3-2-4-6-22)29-25(31)34-19-23-18-27-20-35-23/h2-10,18,20,28H,11-17,19H2,1H3,(H,29,31). The maximum absolute atomic E-state index is 12.7. The summed E-state index contributed by atoms with van der Waals surface area (Å²) in [5, 5.41) is 3.16. The van der Waals surface area contributed by atoms with Gasteiger partial charge in [0.05, 0.1) is 15.3 Å². The molecule has 1 aromatic heterocycles. The molecule has 0 radical (unpaired) electrons. The molecule has 3 aromatic rings. The Bertz CT molecular complexity index is 1210. The molecule has 0 saturated carbocycles. The Hall–Kier alpha value is -2.79. The number of hydrogen-bond acceptors (Lipinski definition) is 7. The van der Waals surface area contributed by atoms with E-state index in [0.29, 0.717) is 19.5 Å². The van der Waals surface area contributed by atoms with Gasteiger partial charge in [-0.2, -0.15) is 0 Å². The van der Waals surface area contributed by atoms with E-state index >= 15 is 0 Å². The lowest BCUT2D eigenvalue weighted by Gasteiger charge is -2.42. The van der Waals surface area contributed by atoms with E-state index in [4.69, 9.17) is 4.74 Å². The largest absolute Gasteiger partial charge is 0.444 e. The molecule has 0 bridgehead atoms. The smallest absolute Gasteiger partial charge is 0.407 e. The first-order chi connectivity index (χ1) is 17.3. The quantitative estimate of drug-likeness (QED) is 0.416. The van der Waals surface area contributed by atoms with Crippen LogP contribution in [0.15, 0.2) is 71.2 Å². The number of nitrogens with zero attached hydrogens (tertiary/aromatic N) is 2. The molecule has 0 spiro atoms. The fourth-order valence-electron chi connectivity index (χ4n) is 4.38. The van der Waals surface area contributed by atoms with Gasteiger partial charge in [-0.15, -0.1) is 11.3 Å². The number of amides is 1. The summed E-state index contributed by atoms with van der Waals surface area (Å²) in [5.41, 5.74) is 3.45. The number of ether oxygens (including phenoxy) is 1. The Labute approximate surface area is 216 Å². The van der Waals surface area contributed by atoms with Crippen LogP contribution in [0.5, 0.6) is 0 Å². The number of aryl methyl sites for hydroxylation is 1. The number of aromatic nitrogens is 1. The molecule has 4 rings (SSSR count). The van der Waals surface area contributed by atoms with Crippen molar-refractivity contribution < 1.29 is 17.9 Å². The van der Waals surface area contributed by atoms with Crippen LogP contribution >= 0.6 is 11.3 Å². The minimum absolute atomic E-state index is 0.200. The number of sulfonamides is 1. The zero-order valence-electron chi connectivity index (χ0n) is 20.4. The molecule has 2 N–H and O–H groups in total. The topological polar surface area (TPSA) is 101 Å². The molecule has 0 aliphatic carbocycles. The monoisotopic (exact) mass is 528 g/mol. The van der Waals surface area contributed by atoms with Crippen molar-refractivity contribution in [3.05, 3.63) is 82.3 Å². The van der Waals surface area contributed by atoms with Crippen LogP contribution in [0.2, 0.25) is 0 Å². The molecule has 1 saturated heterocycles. The molecule has 192 valence electrons. The Balaban J connectivity index is 1.32. The van der Waals surface area contributed by atoms with Gasteiger partial charge in [0.2, 0.25) is 10.0 Å². The van der Waals surface area contributed by atoms with Gasteiger partial charge >= 0.3 is 6.09 Å². The predicted octanol–water partition coefficient (Wildman–Crippen LogP) is 3.73. The lowest BCUT2D eigenvalue weighted by Crippen LogP contribution is -2.57. The van der Waals surface area contributed by atoms with E-state index < -0.39 is 21.7 Å². The van der Waals surface area contributed by atoms with Crippen LogP contribution in [0.3, 0.4) is 0 Å². The second kappa shape index (κ2) is 12.0. The molecule has 1 fully saturated rings. The van der Waals surface area contributed by atoms with Crippen molar-refractivity contribution in [2.45, 2.75) is 43.2 Å². The normalized spacial score (nSPS) is 15.9. The van der Waals surface area contributed by atoms with Gasteiger partial charge < -0.3 is 15.0 Å². The summed E-state index contributed by atoms with van der Waals surface area (Å²) in [6.45, 7) is 4.54. The fraction of sp³-hybridized carbons (Fsp3) is 0.385. The number of rotatable bonds is 10. The zero-order chi connectivity index (χ0) is 25.4. The molecular formula is C26H32N4O4S2. The van der Waals surface area contributed by atoms with E-state index in [9.17, 15) is 13.2 Å². The third-order valence-corrected chi connectivity index (χ3v) is 8.68. The van der Waals surface area contributed by atoms with Crippen LogP contribution in [0.4, 0.5) is 4.79 Å². The number of thiazole rings is 1. The minimum atomic E-state index is -3.54. The second-order valence-electron chi connectivity index (χ2n) is 9.16. The Kier molecular flexibility index (Phi) is 8.73. The Morgan fingerprint density at radius 2 is 1.83 bits per heavy atom. The van der Waals surface area contributed by atoms with Gasteiger partial charge in [-0.05, 0) is 43.9 Å². The fourth-order valence-corrected chi connectivity index (χ4v) is 5.91. The number of benzene rings is 2. The number of piperidine rings is 1. The van der Waals surface area contributed by atoms with Gasteiger partial charge in [0.15, 0.2) is 0 Å². The number of carbonyl (C=O) groups is 1. The number of carbonyl (C=O) groups excluding carboxylic acids is 1. The van der Waals surface area contributed by atoms with Crippen molar-refractivity contribution in [2.24, 2.45) is 0 Å². The molecule has 2 heterocycles. The molecule has 1 aliphatic rings. The van der Waals surface area contributed by atoms with Crippen LogP contribution in [0, 0.1) is 6.92 Å². The summed E-state index contributed by atoms with van der Waals surface area (Å²) in [6.07, 6.45) is 3.45. The summed E-state index contributed by atoms with van der Waals surface area (Å²) in [6, 6.07) is 16.9. The van der Waals surface area contributed by atoms with Gasteiger partial charge in [-0.1, -0.05) is 48.0 Å². The lowest BCUT2D eigenvalue weighted by molar-refractivity contribution is 0.0997. The highest BCUT2D eigenvalue weighted by Crippen LogP contribution is 2.27. The van der Waals surface area contributed by atoms with E-state index in [1.54, 1.807) is 36.0 Å². The SMILES string of the molecule is Cc1ccc(S(=O)(=O)NCCN2CCC(Cc3ccccc3)(NC(=O)OCc3cncs3)CC2)cc1. The molecule has 0 unspecified atom stereocenters. The summed E-state index contributed by atoms with van der Waals surface area (Å²) < 4.78 is 33.3. The minimum Gasteiger partial charge on any atom is -0.444 e. The maximum Gasteiger partial charge on any atom is 0.407 e. The lowest BCUT2D eigenvalue weighted by atomic mass is 9.82. The second-order valence-corrected chi connectivity index (χ2v) is 11.9. The van der Waals surface area contributed by atoms with E-state index in [0.717, 1.165) is 41.9 Å². The first-order valence-electron chi connectivity index (χ1n) is 12.0. The third-order valence-electron chi connectivity index (χ3n) is 6.45. The van der Waals surface area contributed by atoms with Gasteiger partial charge in [0.1, 0.15) is 6.61 Å². The van der Waals surface area contributed by atoms with Crippen LogP contribution in [-0.2, 0) is 27.8 Å². The third kappa shape index (κ3) is 7.36. The van der Waals surface area contributed by atoms with Gasteiger partial charge in [0.25, 0.3) is 0 Å². The molecule has 10 heteroatoms. The highest BCUT2D eigenvalue weighted by atomic mass is 32.2. The molecular weight excluding hydrogens is 496 g/mol. The molecule has 1 amide bonds. The van der Waals surface area contributed by atoms with Crippen molar-refractivity contribution in [3.8, 4) is 0 Å². The molecule has 36 heavy (non-hydrogen) atoms. The Morgan fingerprint density at radius 3 is 2.50 bits per heavy atom. The van der Waals surface area contributed by atoms with Crippen LogP contribution in [-0.4, -0.2) is 56.1 Å². The maximum atomic E-state index is 12.7. The highest BCUT2D eigenvalue weighted by Gasteiger charge is 2.36. The number of alkyl carbamates (subject to hydrolysis) is 1. The van der Waals surface area contributed by atoms with Crippen LogP contribution in [0.1, 0.15) is 28.8 Å². The average molecular weight is 529 g/mol. The number of nitrogens with one attached hydrogen (secondary N) is 2. The summed E-state index contributed by atoms with van der Waals surface area (Å²) in [5.74, 6) is 0. The molecule has 2 aromatic carbocycles. The van der Waals surface area contributed by atoms with Crippen molar-refractivity contribution in [2.75, 3.05) is 26.2 Å². The van der Waals surface area contributed by atoms with Gasteiger partial charge in [0, 0.05) is 37.9 Å². The molecule has 8 nitrogen and oxygen atoms in total. The number of hydrogen-bond donors (Lipinski definition) is 2. The predicted molar refractivity (Wildman–Crippen MR) is 140 cm³/mol. The average Bonchev–Trinajstić information content (AvgIpc) is 3.39. The van der Waals surface area contributed by atoms with E-state index in [1.165, 1.54) is 11.3 Å². The zero-order valence-corrected chi connectivity index (χ0v) is 22.0. The van der Waals surface area contributed by atoms with Crippen molar-refractivity contribution in [1.29, 1.82) is 0 Å². The van der Waals surface area contributed by atoms with Crippen molar-refractivity contribution in [1.82, 2.24) is 19.9 Å². The first kappa shape index (κ1) is 26.3. The van der Waals surface area contributed by atoms with E-state index in [-0.39, 0.29) is 11.5 Å². The molecule has 1 aliphatic heterocycles.